The van der Waals surface area contributed by atoms with Crippen molar-refractivity contribution in [2.75, 3.05) is 6.61 Å². The lowest BCUT2D eigenvalue weighted by Gasteiger charge is -2.03. The van der Waals surface area contributed by atoms with Gasteiger partial charge in [-0.2, -0.15) is 0 Å². The van der Waals surface area contributed by atoms with Crippen molar-refractivity contribution in [3.63, 3.8) is 0 Å². The Labute approximate surface area is 98.6 Å². The zero-order valence-electron chi connectivity index (χ0n) is 9.05. The van der Waals surface area contributed by atoms with Gasteiger partial charge in [-0.15, -0.1) is 11.3 Å². The van der Waals surface area contributed by atoms with Crippen LogP contribution in [0.25, 0.3) is 10.6 Å². The van der Waals surface area contributed by atoms with E-state index in [-0.39, 0.29) is 12.6 Å². The molecule has 1 aromatic carbocycles. The summed E-state index contributed by atoms with van der Waals surface area (Å²) in [5, 5.41) is 11.8. The van der Waals surface area contributed by atoms with Crippen LogP contribution >= 0.6 is 11.3 Å². The van der Waals surface area contributed by atoms with Crippen LogP contribution in [0.4, 0.5) is 0 Å². The van der Waals surface area contributed by atoms with E-state index < -0.39 is 0 Å². The van der Waals surface area contributed by atoms with Crippen molar-refractivity contribution in [2.24, 2.45) is 5.73 Å². The number of rotatable bonds is 3. The average Bonchev–Trinajstić information content (AvgIpc) is 2.78. The molecule has 1 aromatic heterocycles. The lowest BCUT2D eigenvalue weighted by Crippen LogP contribution is -2.14. The third-order valence-electron chi connectivity index (χ3n) is 2.47. The highest BCUT2D eigenvalue weighted by molar-refractivity contribution is 7.13. The Morgan fingerprint density at radius 2 is 2.19 bits per heavy atom. The number of nitrogens with zero attached hydrogens (tertiary/aromatic N) is 1. The fraction of sp³-hybridized carbons (Fsp3) is 0.250. The number of hydrogen-bond acceptors (Lipinski definition) is 4. The third kappa shape index (κ3) is 2.14. The molecule has 0 bridgehead atoms. The summed E-state index contributed by atoms with van der Waals surface area (Å²) in [5.74, 6) is 0. The maximum atomic E-state index is 8.96. The molecule has 0 aliphatic carbocycles. The molecule has 1 atom stereocenters. The van der Waals surface area contributed by atoms with E-state index in [1.54, 1.807) is 11.3 Å². The summed E-state index contributed by atoms with van der Waals surface area (Å²) in [5.41, 5.74) is 8.80. The molecule has 3 N–H and O–H groups in total. The van der Waals surface area contributed by atoms with Gasteiger partial charge in [0, 0.05) is 10.9 Å². The quantitative estimate of drug-likeness (QED) is 0.855. The van der Waals surface area contributed by atoms with Crippen LogP contribution in [-0.4, -0.2) is 16.7 Å². The van der Waals surface area contributed by atoms with E-state index in [4.69, 9.17) is 10.8 Å². The van der Waals surface area contributed by atoms with Crippen LogP contribution in [0.2, 0.25) is 0 Å². The van der Waals surface area contributed by atoms with E-state index in [9.17, 15) is 0 Å². The first kappa shape index (κ1) is 11.3. The Hall–Kier alpha value is -1.23. The minimum atomic E-state index is -0.381. The van der Waals surface area contributed by atoms with Gasteiger partial charge in [0.25, 0.3) is 0 Å². The van der Waals surface area contributed by atoms with Crippen LogP contribution < -0.4 is 5.73 Å². The Balaban J connectivity index is 2.35. The van der Waals surface area contributed by atoms with E-state index >= 15 is 0 Å². The lowest BCUT2D eigenvalue weighted by atomic mass is 10.1. The molecule has 0 radical (unpaired) electrons. The summed E-state index contributed by atoms with van der Waals surface area (Å²) in [6.07, 6.45) is 0. The van der Waals surface area contributed by atoms with Crippen molar-refractivity contribution >= 4 is 11.3 Å². The van der Waals surface area contributed by atoms with E-state index in [1.807, 2.05) is 23.6 Å². The molecular weight excluding hydrogens is 220 g/mol. The largest absolute Gasteiger partial charge is 0.394 e. The second-order valence-corrected chi connectivity index (χ2v) is 4.54. The van der Waals surface area contributed by atoms with Crippen molar-refractivity contribution in [1.82, 2.24) is 4.98 Å². The molecule has 0 amide bonds. The molecule has 16 heavy (non-hydrogen) atoms. The SMILES string of the molecule is Cc1ccccc1-c1nc(C(N)CO)cs1. The Bertz CT molecular complexity index is 481. The number of aromatic nitrogens is 1. The molecular formula is C12H14N2OS. The summed E-state index contributed by atoms with van der Waals surface area (Å²) in [6, 6.07) is 7.72. The molecule has 0 aliphatic heterocycles. The number of aliphatic hydroxyl groups is 1. The summed E-state index contributed by atoms with van der Waals surface area (Å²) >= 11 is 1.56. The molecule has 0 fully saturated rings. The maximum Gasteiger partial charge on any atom is 0.123 e. The normalized spacial score (nSPS) is 12.7. The van der Waals surface area contributed by atoms with Crippen molar-refractivity contribution in [1.29, 1.82) is 0 Å². The number of thiazole rings is 1. The highest BCUT2D eigenvalue weighted by Gasteiger charge is 2.11. The Kier molecular flexibility index (Phi) is 3.33. The minimum absolute atomic E-state index is 0.0725. The van der Waals surface area contributed by atoms with Crippen LogP contribution in [-0.2, 0) is 0 Å². The number of aliphatic hydroxyl groups excluding tert-OH is 1. The zero-order chi connectivity index (χ0) is 11.5. The van der Waals surface area contributed by atoms with E-state index in [2.05, 4.69) is 18.0 Å². The summed E-state index contributed by atoms with van der Waals surface area (Å²) in [6.45, 7) is 1.99. The highest BCUT2D eigenvalue weighted by atomic mass is 32.1. The molecule has 1 heterocycles. The number of benzene rings is 1. The molecule has 0 saturated carbocycles. The van der Waals surface area contributed by atoms with Gasteiger partial charge >= 0.3 is 0 Å². The first-order chi connectivity index (χ1) is 7.72. The van der Waals surface area contributed by atoms with E-state index in [0.717, 1.165) is 16.3 Å². The van der Waals surface area contributed by atoms with Crippen LogP contribution in [0, 0.1) is 6.92 Å². The Morgan fingerprint density at radius 1 is 1.44 bits per heavy atom. The van der Waals surface area contributed by atoms with Gasteiger partial charge in [-0.25, -0.2) is 4.98 Å². The minimum Gasteiger partial charge on any atom is -0.394 e. The van der Waals surface area contributed by atoms with Gasteiger partial charge in [0.15, 0.2) is 0 Å². The topological polar surface area (TPSA) is 59.1 Å². The number of hydrogen-bond donors (Lipinski definition) is 2. The molecule has 84 valence electrons. The van der Waals surface area contributed by atoms with Crippen molar-refractivity contribution in [3.8, 4) is 10.6 Å². The van der Waals surface area contributed by atoms with Crippen LogP contribution in [0.1, 0.15) is 17.3 Å². The van der Waals surface area contributed by atoms with Gasteiger partial charge in [-0.05, 0) is 12.5 Å². The van der Waals surface area contributed by atoms with Crippen LogP contribution in [0.15, 0.2) is 29.6 Å². The van der Waals surface area contributed by atoms with Crippen LogP contribution in [0.3, 0.4) is 0 Å². The molecule has 1 unspecified atom stereocenters. The molecule has 2 rings (SSSR count). The molecule has 0 spiro atoms. The summed E-state index contributed by atoms with van der Waals surface area (Å²) in [4.78, 5) is 4.45. The molecule has 0 aliphatic rings. The van der Waals surface area contributed by atoms with Crippen molar-refractivity contribution in [2.45, 2.75) is 13.0 Å². The molecule has 3 nitrogen and oxygen atoms in total. The van der Waals surface area contributed by atoms with Gasteiger partial charge in [0.05, 0.1) is 18.3 Å². The smallest absolute Gasteiger partial charge is 0.123 e. The fourth-order valence-corrected chi connectivity index (χ4v) is 2.46. The second kappa shape index (κ2) is 4.74. The standard InChI is InChI=1S/C12H14N2OS/c1-8-4-2-3-5-9(8)12-14-11(7-16-12)10(13)6-15/h2-5,7,10,15H,6,13H2,1H3. The maximum absolute atomic E-state index is 8.96. The summed E-state index contributed by atoms with van der Waals surface area (Å²) in [7, 11) is 0. The van der Waals surface area contributed by atoms with Gasteiger partial charge in [-0.3, -0.25) is 0 Å². The Morgan fingerprint density at radius 3 is 2.88 bits per heavy atom. The third-order valence-corrected chi connectivity index (χ3v) is 3.37. The van der Waals surface area contributed by atoms with Crippen molar-refractivity contribution < 1.29 is 5.11 Å². The van der Waals surface area contributed by atoms with E-state index in [0.29, 0.717) is 0 Å². The number of nitrogens with two attached hydrogens (primary N) is 1. The zero-order valence-corrected chi connectivity index (χ0v) is 9.87. The predicted molar refractivity (Wildman–Crippen MR) is 66.3 cm³/mol. The monoisotopic (exact) mass is 234 g/mol. The molecule has 0 saturated heterocycles. The first-order valence-electron chi connectivity index (χ1n) is 5.10. The highest BCUT2D eigenvalue weighted by Crippen LogP contribution is 2.27. The predicted octanol–water partition coefficient (Wildman–Crippen LogP) is 2.11. The van der Waals surface area contributed by atoms with Gasteiger partial charge < -0.3 is 10.8 Å². The number of aryl methyl sites for hydroxylation is 1. The van der Waals surface area contributed by atoms with Crippen molar-refractivity contribution in [3.05, 3.63) is 40.9 Å². The van der Waals surface area contributed by atoms with E-state index in [1.165, 1.54) is 5.56 Å². The first-order valence-corrected chi connectivity index (χ1v) is 5.98. The lowest BCUT2D eigenvalue weighted by molar-refractivity contribution is 0.266. The van der Waals surface area contributed by atoms with Crippen LogP contribution in [0.5, 0.6) is 0 Å². The second-order valence-electron chi connectivity index (χ2n) is 3.68. The van der Waals surface area contributed by atoms with Gasteiger partial charge in [0.2, 0.25) is 0 Å². The summed E-state index contributed by atoms with van der Waals surface area (Å²) < 4.78 is 0. The average molecular weight is 234 g/mol. The fourth-order valence-electron chi connectivity index (χ4n) is 1.49. The van der Waals surface area contributed by atoms with Gasteiger partial charge in [0.1, 0.15) is 5.01 Å². The van der Waals surface area contributed by atoms with Gasteiger partial charge in [-0.1, -0.05) is 24.3 Å². The molecule has 2 aromatic rings. The molecule has 4 heteroatoms.